The minimum absolute atomic E-state index is 0.103. The molecule has 1 fully saturated rings. The fourth-order valence-electron chi connectivity index (χ4n) is 2.24. The van der Waals surface area contributed by atoms with Crippen molar-refractivity contribution in [3.05, 3.63) is 53.9 Å². The molecule has 1 saturated carbocycles. The normalized spacial score (nSPS) is 14.1. The molecule has 0 unspecified atom stereocenters. The van der Waals surface area contributed by atoms with Crippen LogP contribution in [0.3, 0.4) is 0 Å². The summed E-state index contributed by atoms with van der Waals surface area (Å²) in [5.74, 6) is 0.455. The van der Waals surface area contributed by atoms with Gasteiger partial charge in [0.1, 0.15) is 0 Å². The molecule has 4 nitrogen and oxygen atoms in total. The quantitative estimate of drug-likeness (QED) is 0.855. The number of amides is 1. The van der Waals surface area contributed by atoms with E-state index in [0.29, 0.717) is 18.2 Å². The predicted molar refractivity (Wildman–Crippen MR) is 77.8 cm³/mol. The fourth-order valence-corrected chi connectivity index (χ4v) is 2.24. The van der Waals surface area contributed by atoms with Crippen LogP contribution in [0.4, 0.5) is 5.69 Å². The molecule has 0 aliphatic heterocycles. The second-order valence-corrected chi connectivity index (χ2v) is 5.00. The summed E-state index contributed by atoms with van der Waals surface area (Å²) in [5.41, 5.74) is 2.29. The second kappa shape index (κ2) is 5.41. The summed E-state index contributed by atoms with van der Waals surface area (Å²) >= 11 is 0. The maximum absolute atomic E-state index is 12.5. The van der Waals surface area contributed by atoms with Crippen LogP contribution in [0.1, 0.15) is 41.9 Å². The number of rotatable bonds is 4. The maximum Gasteiger partial charge on any atom is 0.278 e. The van der Waals surface area contributed by atoms with Gasteiger partial charge in [0, 0.05) is 18.2 Å². The first-order valence-corrected chi connectivity index (χ1v) is 7.00. The lowest BCUT2D eigenvalue weighted by molar-refractivity contribution is 0.0982. The Hall–Kier alpha value is -2.23. The lowest BCUT2D eigenvalue weighted by Gasteiger charge is -2.20. The highest BCUT2D eigenvalue weighted by Crippen LogP contribution is 2.38. The standard InChI is InChI=1S/C16H17N3O/c1-2-19(13-6-4-3-5-7-13)16(20)15-11-10-14(17-18-15)12-8-9-12/h3-7,10-12H,2,8-9H2,1H3. The van der Waals surface area contributed by atoms with Gasteiger partial charge in [-0.25, -0.2) is 0 Å². The smallest absolute Gasteiger partial charge is 0.278 e. The highest BCUT2D eigenvalue weighted by molar-refractivity contribution is 6.04. The number of para-hydroxylation sites is 1. The zero-order valence-electron chi connectivity index (χ0n) is 11.5. The van der Waals surface area contributed by atoms with Crippen molar-refractivity contribution in [1.29, 1.82) is 0 Å². The molecular weight excluding hydrogens is 250 g/mol. The van der Waals surface area contributed by atoms with Crippen molar-refractivity contribution in [1.82, 2.24) is 10.2 Å². The average molecular weight is 267 g/mol. The molecule has 20 heavy (non-hydrogen) atoms. The SMILES string of the molecule is CCN(C(=O)c1ccc(C2CC2)nn1)c1ccccc1. The van der Waals surface area contributed by atoms with Gasteiger partial charge in [-0.05, 0) is 44.0 Å². The highest BCUT2D eigenvalue weighted by Gasteiger charge is 2.26. The van der Waals surface area contributed by atoms with Crippen molar-refractivity contribution in [3.8, 4) is 0 Å². The molecule has 3 rings (SSSR count). The van der Waals surface area contributed by atoms with E-state index in [-0.39, 0.29) is 5.91 Å². The van der Waals surface area contributed by atoms with E-state index >= 15 is 0 Å². The van der Waals surface area contributed by atoms with Gasteiger partial charge in [0.05, 0.1) is 5.69 Å². The molecule has 102 valence electrons. The Balaban J connectivity index is 1.82. The third-order valence-electron chi connectivity index (χ3n) is 3.53. The number of anilines is 1. The molecule has 1 amide bonds. The maximum atomic E-state index is 12.5. The number of carbonyl (C=O) groups is 1. The van der Waals surface area contributed by atoms with Crippen LogP contribution < -0.4 is 4.90 Å². The van der Waals surface area contributed by atoms with Gasteiger partial charge in [-0.2, -0.15) is 5.10 Å². The largest absolute Gasteiger partial charge is 0.307 e. The molecule has 0 bridgehead atoms. The van der Waals surface area contributed by atoms with Crippen molar-refractivity contribution in [2.75, 3.05) is 11.4 Å². The third-order valence-corrected chi connectivity index (χ3v) is 3.53. The third kappa shape index (κ3) is 2.54. The van der Waals surface area contributed by atoms with Gasteiger partial charge in [-0.3, -0.25) is 4.79 Å². The first-order chi connectivity index (χ1) is 9.79. The van der Waals surface area contributed by atoms with E-state index in [0.717, 1.165) is 11.4 Å². The number of nitrogens with zero attached hydrogens (tertiary/aromatic N) is 3. The van der Waals surface area contributed by atoms with Gasteiger partial charge in [-0.1, -0.05) is 18.2 Å². The Labute approximate surface area is 118 Å². The van der Waals surface area contributed by atoms with Crippen molar-refractivity contribution in [3.63, 3.8) is 0 Å². The summed E-state index contributed by atoms with van der Waals surface area (Å²) < 4.78 is 0. The Morgan fingerprint density at radius 1 is 1.15 bits per heavy atom. The van der Waals surface area contributed by atoms with Gasteiger partial charge in [-0.15, -0.1) is 5.10 Å². The zero-order chi connectivity index (χ0) is 13.9. The van der Waals surface area contributed by atoms with Gasteiger partial charge in [0.25, 0.3) is 5.91 Å². The lowest BCUT2D eigenvalue weighted by atomic mass is 10.2. The van der Waals surface area contributed by atoms with Crippen LogP contribution in [-0.2, 0) is 0 Å². The van der Waals surface area contributed by atoms with Gasteiger partial charge in [0.2, 0.25) is 0 Å². The first kappa shape index (κ1) is 12.8. The summed E-state index contributed by atoms with van der Waals surface area (Å²) in [6.07, 6.45) is 2.38. The average Bonchev–Trinajstić information content (AvgIpc) is 3.34. The Morgan fingerprint density at radius 3 is 2.45 bits per heavy atom. The van der Waals surface area contributed by atoms with Gasteiger partial charge < -0.3 is 4.90 Å². The van der Waals surface area contributed by atoms with E-state index < -0.39 is 0 Å². The van der Waals surface area contributed by atoms with Crippen molar-refractivity contribution >= 4 is 11.6 Å². The van der Waals surface area contributed by atoms with Crippen LogP contribution in [0.15, 0.2) is 42.5 Å². The van der Waals surface area contributed by atoms with Crippen molar-refractivity contribution in [2.24, 2.45) is 0 Å². The molecule has 0 spiro atoms. The summed E-state index contributed by atoms with van der Waals surface area (Å²) in [7, 11) is 0. The molecule has 1 aromatic heterocycles. The molecule has 1 aliphatic rings. The summed E-state index contributed by atoms with van der Waals surface area (Å²) in [6.45, 7) is 2.56. The van der Waals surface area contributed by atoms with Gasteiger partial charge >= 0.3 is 0 Å². The first-order valence-electron chi connectivity index (χ1n) is 7.00. The highest BCUT2D eigenvalue weighted by atomic mass is 16.2. The molecule has 1 heterocycles. The molecule has 2 aromatic rings. The van der Waals surface area contributed by atoms with Crippen LogP contribution in [0.5, 0.6) is 0 Å². The molecular formula is C16H17N3O. The van der Waals surface area contributed by atoms with Gasteiger partial charge in [0.15, 0.2) is 5.69 Å². The molecule has 0 saturated heterocycles. The number of carbonyl (C=O) groups excluding carboxylic acids is 1. The van der Waals surface area contributed by atoms with Crippen LogP contribution in [0.2, 0.25) is 0 Å². The van der Waals surface area contributed by atoms with Crippen LogP contribution >= 0.6 is 0 Å². The topological polar surface area (TPSA) is 46.1 Å². The minimum Gasteiger partial charge on any atom is -0.307 e. The number of hydrogen-bond acceptors (Lipinski definition) is 3. The number of aromatic nitrogens is 2. The van der Waals surface area contributed by atoms with Crippen LogP contribution in [0, 0.1) is 0 Å². The van der Waals surface area contributed by atoms with Crippen LogP contribution in [0.25, 0.3) is 0 Å². The number of hydrogen-bond donors (Lipinski definition) is 0. The lowest BCUT2D eigenvalue weighted by Crippen LogP contribution is -2.31. The minimum atomic E-state index is -0.103. The van der Waals surface area contributed by atoms with E-state index in [4.69, 9.17) is 0 Å². The Morgan fingerprint density at radius 2 is 1.90 bits per heavy atom. The monoisotopic (exact) mass is 267 g/mol. The molecule has 0 N–H and O–H groups in total. The van der Waals surface area contributed by atoms with E-state index in [1.54, 1.807) is 11.0 Å². The van der Waals surface area contributed by atoms with E-state index in [1.807, 2.05) is 43.3 Å². The summed E-state index contributed by atoms with van der Waals surface area (Å²) in [5, 5.41) is 8.27. The molecule has 1 aliphatic carbocycles. The molecule has 0 radical (unpaired) electrons. The molecule has 4 heteroatoms. The number of benzene rings is 1. The van der Waals surface area contributed by atoms with E-state index in [9.17, 15) is 4.79 Å². The second-order valence-electron chi connectivity index (χ2n) is 5.00. The van der Waals surface area contributed by atoms with Crippen LogP contribution in [-0.4, -0.2) is 22.6 Å². The molecule has 0 atom stereocenters. The van der Waals surface area contributed by atoms with Crippen molar-refractivity contribution < 1.29 is 4.79 Å². The van der Waals surface area contributed by atoms with E-state index in [1.165, 1.54) is 12.8 Å². The fraction of sp³-hybridized carbons (Fsp3) is 0.312. The zero-order valence-corrected chi connectivity index (χ0v) is 11.5. The summed E-state index contributed by atoms with van der Waals surface area (Å²) in [6, 6.07) is 13.3. The molecule has 1 aromatic carbocycles. The van der Waals surface area contributed by atoms with Crippen molar-refractivity contribution in [2.45, 2.75) is 25.7 Å². The Bertz CT molecular complexity index is 591. The summed E-state index contributed by atoms with van der Waals surface area (Å²) in [4.78, 5) is 14.2. The predicted octanol–water partition coefficient (Wildman–Crippen LogP) is 3.02. The van der Waals surface area contributed by atoms with E-state index in [2.05, 4.69) is 10.2 Å². The Kier molecular flexibility index (Phi) is 3.46.